The van der Waals surface area contributed by atoms with E-state index in [9.17, 15) is 19.5 Å². The van der Waals surface area contributed by atoms with Crippen LogP contribution in [0.2, 0.25) is 5.02 Å². The van der Waals surface area contributed by atoms with Crippen molar-refractivity contribution in [2.24, 2.45) is 0 Å². The van der Waals surface area contributed by atoms with Crippen molar-refractivity contribution in [1.82, 2.24) is 4.98 Å². The van der Waals surface area contributed by atoms with E-state index in [4.69, 9.17) is 21.1 Å². The van der Waals surface area contributed by atoms with Crippen molar-refractivity contribution in [2.45, 2.75) is 26.5 Å². The molecular weight excluding hydrogens is 564 g/mol. The predicted octanol–water partition coefficient (Wildman–Crippen LogP) is 6.49. The minimum atomic E-state index is -1.05. The molecule has 1 unspecified atom stereocenters. The molecule has 1 aliphatic heterocycles. The first-order valence-corrected chi connectivity index (χ1v) is 14.0. The Hall–Kier alpha value is -4.47. The quantitative estimate of drug-likeness (QED) is 0.109. The molecule has 1 amide bonds. The maximum Gasteiger partial charge on any atom is 0.350 e. The number of aliphatic hydroxyl groups excluding tert-OH is 1. The van der Waals surface area contributed by atoms with E-state index < -0.39 is 23.7 Å². The van der Waals surface area contributed by atoms with Crippen LogP contribution in [0.1, 0.15) is 45.0 Å². The molecule has 0 spiro atoms. The fourth-order valence-corrected chi connectivity index (χ4v) is 5.61. The van der Waals surface area contributed by atoms with Crippen LogP contribution in [0.15, 0.2) is 84.4 Å². The predicted molar refractivity (Wildman–Crippen MR) is 156 cm³/mol. The van der Waals surface area contributed by atoms with Crippen molar-refractivity contribution >= 4 is 51.5 Å². The highest BCUT2D eigenvalue weighted by atomic mass is 35.5. The molecular formula is C31H25ClN2O6S. The number of amides is 1. The number of aliphatic hydroxyl groups is 1. The van der Waals surface area contributed by atoms with Crippen LogP contribution in [-0.2, 0) is 20.9 Å². The molecule has 8 nitrogen and oxygen atoms in total. The Bertz CT molecular complexity index is 1650. The molecule has 208 valence electrons. The van der Waals surface area contributed by atoms with E-state index >= 15 is 0 Å². The van der Waals surface area contributed by atoms with Gasteiger partial charge in [-0.2, -0.15) is 0 Å². The second-order valence-corrected chi connectivity index (χ2v) is 10.6. The molecule has 1 atom stereocenters. The van der Waals surface area contributed by atoms with Gasteiger partial charge in [-0.25, -0.2) is 9.78 Å². The lowest BCUT2D eigenvalue weighted by Crippen LogP contribution is -2.29. The maximum absolute atomic E-state index is 13.5. The van der Waals surface area contributed by atoms with Gasteiger partial charge in [0.2, 0.25) is 0 Å². The number of carbonyl (C=O) groups is 3. The summed E-state index contributed by atoms with van der Waals surface area (Å²) in [5.41, 5.74) is 2.04. The van der Waals surface area contributed by atoms with Gasteiger partial charge in [-0.1, -0.05) is 65.4 Å². The van der Waals surface area contributed by atoms with Gasteiger partial charge in [-0.15, -0.1) is 0 Å². The number of rotatable bonds is 8. The van der Waals surface area contributed by atoms with Crippen molar-refractivity contribution in [3.8, 4) is 5.75 Å². The maximum atomic E-state index is 13.5. The van der Waals surface area contributed by atoms with Crippen molar-refractivity contribution in [3.63, 3.8) is 0 Å². The summed E-state index contributed by atoms with van der Waals surface area (Å²) in [4.78, 5) is 45.4. The second-order valence-electron chi connectivity index (χ2n) is 9.15. The number of benzene rings is 3. The number of thiazole rings is 1. The summed E-state index contributed by atoms with van der Waals surface area (Å²) in [5, 5.41) is 11.9. The molecule has 0 radical (unpaired) electrons. The smallest absolute Gasteiger partial charge is 0.350 e. The molecule has 2 heterocycles. The third kappa shape index (κ3) is 5.73. The number of hydrogen-bond donors (Lipinski definition) is 1. The van der Waals surface area contributed by atoms with Crippen LogP contribution >= 0.6 is 22.9 Å². The fourth-order valence-electron chi connectivity index (χ4n) is 4.50. The van der Waals surface area contributed by atoms with Gasteiger partial charge < -0.3 is 14.6 Å². The SMILES string of the molecule is CCOC(=O)c1sc(N2C(=O)C(=O)C(=C(O)c3ccc(Cl)cc3)C2c2cccc(OCc3ccccc3)c2)nc1C. The Balaban J connectivity index is 1.61. The fraction of sp³-hybridized carbons (Fsp3) is 0.161. The minimum Gasteiger partial charge on any atom is -0.507 e. The summed E-state index contributed by atoms with van der Waals surface area (Å²) in [7, 11) is 0. The molecule has 1 fully saturated rings. The Kier molecular flexibility index (Phi) is 8.19. The lowest BCUT2D eigenvalue weighted by atomic mass is 9.95. The van der Waals surface area contributed by atoms with Gasteiger partial charge in [-0.05, 0) is 61.4 Å². The Morgan fingerprint density at radius 3 is 2.49 bits per heavy atom. The standard InChI is InChI=1S/C31H25ClN2O6S/c1-3-39-30(38)28-18(2)33-31(41-28)34-25(21-10-7-11-23(16-21)40-17-19-8-5-4-6-9-19)24(27(36)29(34)37)26(35)20-12-14-22(32)15-13-20/h4-16,25,35H,3,17H2,1-2H3. The summed E-state index contributed by atoms with van der Waals surface area (Å²) in [5.74, 6) is -2.19. The Morgan fingerprint density at radius 2 is 1.78 bits per heavy atom. The molecule has 1 saturated heterocycles. The molecule has 4 aromatic rings. The molecule has 0 saturated carbocycles. The van der Waals surface area contributed by atoms with E-state index in [0.717, 1.165) is 16.9 Å². The number of hydrogen-bond acceptors (Lipinski definition) is 8. The lowest BCUT2D eigenvalue weighted by Gasteiger charge is -2.23. The minimum absolute atomic E-state index is 0.122. The first kappa shape index (κ1) is 28.1. The number of nitrogens with zero attached hydrogens (tertiary/aromatic N) is 2. The van der Waals surface area contributed by atoms with Crippen LogP contribution in [-0.4, -0.2) is 34.4 Å². The number of aromatic nitrogens is 1. The van der Waals surface area contributed by atoms with Gasteiger partial charge in [0.05, 0.1) is 23.9 Å². The second kappa shape index (κ2) is 12.0. The number of aryl methyl sites for hydroxylation is 1. The molecule has 10 heteroatoms. The monoisotopic (exact) mass is 588 g/mol. The lowest BCUT2D eigenvalue weighted by molar-refractivity contribution is -0.132. The topological polar surface area (TPSA) is 106 Å². The molecule has 5 rings (SSSR count). The van der Waals surface area contributed by atoms with Crippen molar-refractivity contribution in [3.05, 3.63) is 117 Å². The zero-order valence-corrected chi connectivity index (χ0v) is 23.7. The van der Waals surface area contributed by atoms with Crippen LogP contribution in [0, 0.1) is 6.92 Å². The Labute approximate surface area is 245 Å². The molecule has 1 aliphatic rings. The van der Waals surface area contributed by atoms with Crippen LogP contribution in [0.25, 0.3) is 5.76 Å². The molecule has 3 aromatic carbocycles. The average molecular weight is 589 g/mol. The average Bonchev–Trinajstić information content (AvgIpc) is 3.49. The van der Waals surface area contributed by atoms with Crippen molar-refractivity contribution < 1.29 is 29.0 Å². The number of ether oxygens (including phenoxy) is 2. The normalized spacial score (nSPS) is 16.2. The van der Waals surface area contributed by atoms with Crippen molar-refractivity contribution in [2.75, 3.05) is 11.5 Å². The van der Waals surface area contributed by atoms with Crippen LogP contribution in [0.4, 0.5) is 5.13 Å². The number of anilines is 1. The van der Waals surface area contributed by atoms with E-state index in [-0.39, 0.29) is 27.9 Å². The summed E-state index contributed by atoms with van der Waals surface area (Å²) >= 11 is 6.97. The number of carbonyl (C=O) groups excluding carboxylic acids is 3. The molecule has 41 heavy (non-hydrogen) atoms. The van der Waals surface area contributed by atoms with Crippen LogP contribution < -0.4 is 9.64 Å². The summed E-state index contributed by atoms with van der Waals surface area (Å²) in [6.07, 6.45) is 0. The zero-order chi connectivity index (χ0) is 29.1. The first-order chi connectivity index (χ1) is 19.8. The third-order valence-corrected chi connectivity index (χ3v) is 7.83. The van der Waals surface area contributed by atoms with Gasteiger partial charge in [0, 0.05) is 10.6 Å². The van der Waals surface area contributed by atoms with Crippen LogP contribution in [0.5, 0.6) is 5.75 Å². The van der Waals surface area contributed by atoms with Gasteiger partial charge in [-0.3, -0.25) is 14.5 Å². The number of ketones is 1. The van der Waals surface area contributed by atoms with Crippen molar-refractivity contribution in [1.29, 1.82) is 0 Å². The highest BCUT2D eigenvalue weighted by Gasteiger charge is 2.48. The molecule has 1 aromatic heterocycles. The zero-order valence-electron chi connectivity index (χ0n) is 22.2. The number of halogens is 1. The van der Waals surface area contributed by atoms with Gasteiger partial charge in [0.25, 0.3) is 5.78 Å². The number of Topliss-reactive ketones (excluding diaryl/α,β-unsaturated/α-hetero) is 1. The largest absolute Gasteiger partial charge is 0.507 e. The highest BCUT2D eigenvalue weighted by Crippen LogP contribution is 2.44. The van der Waals surface area contributed by atoms with E-state index in [1.807, 2.05) is 30.3 Å². The van der Waals surface area contributed by atoms with Gasteiger partial charge >= 0.3 is 11.9 Å². The summed E-state index contributed by atoms with van der Waals surface area (Å²) in [6.45, 7) is 3.80. The van der Waals surface area contributed by atoms with Gasteiger partial charge in [0.1, 0.15) is 23.0 Å². The van der Waals surface area contributed by atoms with E-state index in [0.29, 0.717) is 34.2 Å². The van der Waals surface area contributed by atoms with Gasteiger partial charge in [0.15, 0.2) is 5.13 Å². The summed E-state index contributed by atoms with van der Waals surface area (Å²) < 4.78 is 11.1. The summed E-state index contributed by atoms with van der Waals surface area (Å²) in [6, 6.07) is 21.8. The first-order valence-electron chi connectivity index (χ1n) is 12.8. The van der Waals surface area contributed by atoms with E-state index in [1.165, 1.54) is 4.90 Å². The third-order valence-electron chi connectivity index (χ3n) is 6.44. The van der Waals surface area contributed by atoms with Crippen LogP contribution in [0.3, 0.4) is 0 Å². The Morgan fingerprint density at radius 1 is 1.05 bits per heavy atom. The van der Waals surface area contributed by atoms with E-state index in [1.54, 1.807) is 62.4 Å². The highest BCUT2D eigenvalue weighted by molar-refractivity contribution is 7.17. The molecule has 0 bridgehead atoms. The molecule has 1 N–H and O–H groups in total. The molecule has 0 aliphatic carbocycles. The number of esters is 1. The van der Waals surface area contributed by atoms with E-state index in [2.05, 4.69) is 4.98 Å².